The van der Waals surface area contributed by atoms with Crippen molar-refractivity contribution in [1.82, 2.24) is 14.3 Å². The van der Waals surface area contributed by atoms with E-state index in [0.29, 0.717) is 12.3 Å². The third-order valence-corrected chi connectivity index (χ3v) is 6.91. The van der Waals surface area contributed by atoms with Crippen molar-refractivity contribution in [2.24, 2.45) is 11.8 Å². The van der Waals surface area contributed by atoms with Gasteiger partial charge >= 0.3 is 0 Å². The monoisotopic (exact) mass is 414 g/mol. The summed E-state index contributed by atoms with van der Waals surface area (Å²) >= 11 is 1.44. The molecule has 0 spiro atoms. The van der Waals surface area contributed by atoms with Crippen LogP contribution in [0, 0.1) is 11.8 Å². The van der Waals surface area contributed by atoms with Crippen molar-refractivity contribution < 1.29 is 9.53 Å². The molecule has 6 nitrogen and oxygen atoms in total. The quantitative estimate of drug-likeness (QED) is 0.748. The average molecular weight is 415 g/mol. The number of nitrogens with zero attached hydrogens (tertiary/aromatic N) is 4. The van der Waals surface area contributed by atoms with Gasteiger partial charge in [0.25, 0.3) is 0 Å². The van der Waals surface area contributed by atoms with Gasteiger partial charge in [0.05, 0.1) is 13.0 Å². The van der Waals surface area contributed by atoms with Gasteiger partial charge in [-0.3, -0.25) is 4.79 Å². The molecule has 0 radical (unpaired) electrons. The van der Waals surface area contributed by atoms with Crippen LogP contribution in [0.4, 0.5) is 5.13 Å². The molecule has 29 heavy (non-hydrogen) atoms. The molecular formula is C22H30N4O2S. The highest BCUT2D eigenvalue weighted by Crippen LogP contribution is 2.28. The minimum Gasteiger partial charge on any atom is -0.497 e. The predicted molar refractivity (Wildman–Crippen MR) is 116 cm³/mol. The molecule has 2 aromatic rings. The Balaban J connectivity index is 1.38. The number of hydrogen-bond acceptors (Lipinski definition) is 6. The van der Waals surface area contributed by atoms with E-state index in [9.17, 15) is 4.79 Å². The van der Waals surface area contributed by atoms with Gasteiger partial charge in [0.15, 0.2) is 0 Å². The minimum atomic E-state index is 0.0860. The maximum Gasteiger partial charge on any atom is 0.227 e. The second-order valence-corrected chi connectivity index (χ2v) is 9.04. The Morgan fingerprint density at radius 3 is 2.86 bits per heavy atom. The number of amides is 1. The van der Waals surface area contributed by atoms with Crippen LogP contribution in [0.25, 0.3) is 0 Å². The molecule has 2 aliphatic rings. The first-order valence-electron chi connectivity index (χ1n) is 10.6. The van der Waals surface area contributed by atoms with Gasteiger partial charge in [0, 0.05) is 44.1 Å². The lowest BCUT2D eigenvalue weighted by atomic mass is 9.94. The van der Waals surface area contributed by atoms with Crippen molar-refractivity contribution in [2.75, 3.05) is 38.2 Å². The molecule has 0 saturated carbocycles. The molecule has 0 aliphatic carbocycles. The Morgan fingerprint density at radius 2 is 2.07 bits per heavy atom. The standard InChI is InChI=1S/C22H30N4O2S/c1-16-8-11-25(12-9-16)21(27)18-6-4-10-26(15-18)22-23-20(24-29-22)14-17-5-3-7-19(13-17)28-2/h3,5,7,13,16,18H,4,6,8-12,14-15H2,1-2H3/t18-/m0/s1. The van der Waals surface area contributed by atoms with Crippen molar-refractivity contribution in [3.63, 3.8) is 0 Å². The van der Waals surface area contributed by atoms with E-state index in [4.69, 9.17) is 9.72 Å². The lowest BCUT2D eigenvalue weighted by Gasteiger charge is -2.37. The molecule has 1 aromatic carbocycles. The number of aromatic nitrogens is 2. The highest BCUT2D eigenvalue weighted by Gasteiger charge is 2.31. The van der Waals surface area contributed by atoms with Gasteiger partial charge in [-0.05, 0) is 49.3 Å². The van der Waals surface area contributed by atoms with E-state index in [2.05, 4.69) is 27.2 Å². The maximum absolute atomic E-state index is 13.0. The molecule has 1 amide bonds. The van der Waals surface area contributed by atoms with Crippen molar-refractivity contribution >= 4 is 22.6 Å². The van der Waals surface area contributed by atoms with Gasteiger partial charge in [-0.2, -0.15) is 4.37 Å². The van der Waals surface area contributed by atoms with Crippen molar-refractivity contribution in [3.8, 4) is 5.75 Å². The number of rotatable bonds is 5. The Kier molecular flexibility index (Phi) is 6.33. The first-order valence-corrected chi connectivity index (χ1v) is 11.4. The van der Waals surface area contributed by atoms with Crippen LogP contribution in [0.3, 0.4) is 0 Å². The molecular weight excluding hydrogens is 384 g/mol. The summed E-state index contributed by atoms with van der Waals surface area (Å²) in [5, 5.41) is 0.938. The molecule has 0 bridgehead atoms. The van der Waals surface area contributed by atoms with Crippen LogP contribution in [0.2, 0.25) is 0 Å². The Bertz CT molecular complexity index is 832. The van der Waals surface area contributed by atoms with Gasteiger partial charge in [-0.25, -0.2) is 4.98 Å². The highest BCUT2D eigenvalue weighted by molar-refractivity contribution is 7.09. The number of hydrogen-bond donors (Lipinski definition) is 0. The SMILES string of the molecule is COc1cccc(Cc2nsc(N3CCC[C@H](C(=O)N4CCC(C)CC4)C3)n2)c1. The second kappa shape index (κ2) is 9.11. The van der Waals surface area contributed by atoms with E-state index in [1.807, 2.05) is 18.2 Å². The first-order chi connectivity index (χ1) is 14.1. The van der Waals surface area contributed by atoms with E-state index >= 15 is 0 Å². The van der Waals surface area contributed by atoms with Crippen LogP contribution >= 0.6 is 11.5 Å². The van der Waals surface area contributed by atoms with Crippen LogP contribution in [-0.2, 0) is 11.2 Å². The van der Waals surface area contributed by atoms with Crippen molar-refractivity contribution in [1.29, 1.82) is 0 Å². The average Bonchev–Trinajstić information content (AvgIpc) is 3.22. The summed E-state index contributed by atoms with van der Waals surface area (Å²) in [5.41, 5.74) is 1.14. The largest absolute Gasteiger partial charge is 0.497 e. The van der Waals surface area contributed by atoms with Crippen LogP contribution < -0.4 is 9.64 Å². The molecule has 1 atom stereocenters. The summed E-state index contributed by atoms with van der Waals surface area (Å²) in [7, 11) is 1.68. The van der Waals surface area contributed by atoms with Crippen LogP contribution in [0.15, 0.2) is 24.3 Å². The lowest BCUT2D eigenvalue weighted by molar-refractivity contribution is -0.137. The van der Waals surface area contributed by atoms with E-state index in [0.717, 1.165) is 80.0 Å². The summed E-state index contributed by atoms with van der Waals surface area (Å²) in [6.45, 7) is 5.83. The van der Waals surface area contributed by atoms with Crippen molar-refractivity contribution in [2.45, 2.75) is 39.0 Å². The number of methoxy groups -OCH3 is 1. The molecule has 2 fully saturated rings. The fourth-order valence-electron chi connectivity index (χ4n) is 4.25. The summed E-state index contributed by atoms with van der Waals surface area (Å²) in [5.74, 6) is 2.84. The number of benzene rings is 1. The topological polar surface area (TPSA) is 58.6 Å². The molecule has 0 N–H and O–H groups in total. The molecule has 4 rings (SSSR count). The lowest BCUT2D eigenvalue weighted by Crippen LogP contribution is -2.47. The third kappa shape index (κ3) is 4.89. The number of anilines is 1. The normalized spacial score (nSPS) is 20.7. The highest BCUT2D eigenvalue weighted by atomic mass is 32.1. The van der Waals surface area contributed by atoms with Gasteiger partial charge in [-0.1, -0.05) is 19.1 Å². The molecule has 0 unspecified atom stereocenters. The van der Waals surface area contributed by atoms with Gasteiger partial charge in [0.2, 0.25) is 11.0 Å². The summed E-state index contributed by atoms with van der Waals surface area (Å²) in [4.78, 5) is 22.1. The molecule has 2 saturated heterocycles. The Hall–Kier alpha value is -2.15. The zero-order chi connectivity index (χ0) is 20.2. The molecule has 156 valence electrons. The number of carbonyl (C=O) groups is 1. The van der Waals surface area contributed by atoms with Crippen LogP contribution in [0.1, 0.15) is 44.0 Å². The molecule has 2 aliphatic heterocycles. The number of carbonyl (C=O) groups excluding carboxylic acids is 1. The first kappa shape index (κ1) is 20.1. The fourth-order valence-corrected chi connectivity index (χ4v) is 4.97. The second-order valence-electron chi connectivity index (χ2n) is 8.31. The number of piperidine rings is 2. The van der Waals surface area contributed by atoms with Crippen LogP contribution in [0.5, 0.6) is 5.75 Å². The zero-order valence-corrected chi connectivity index (χ0v) is 18.2. The number of likely N-dealkylation sites (tertiary alicyclic amines) is 1. The number of ether oxygens (including phenoxy) is 1. The molecule has 3 heterocycles. The Morgan fingerprint density at radius 1 is 1.24 bits per heavy atom. The summed E-state index contributed by atoms with van der Waals surface area (Å²) < 4.78 is 9.86. The molecule has 7 heteroatoms. The summed E-state index contributed by atoms with van der Waals surface area (Å²) in [6, 6.07) is 8.02. The smallest absolute Gasteiger partial charge is 0.227 e. The molecule has 1 aromatic heterocycles. The fraction of sp³-hybridized carbons (Fsp3) is 0.591. The maximum atomic E-state index is 13.0. The van der Waals surface area contributed by atoms with E-state index in [1.54, 1.807) is 7.11 Å². The van der Waals surface area contributed by atoms with Gasteiger partial charge in [0.1, 0.15) is 11.6 Å². The third-order valence-electron chi connectivity index (χ3n) is 6.09. The summed E-state index contributed by atoms with van der Waals surface area (Å²) in [6.07, 6.45) is 4.97. The van der Waals surface area contributed by atoms with E-state index in [1.165, 1.54) is 11.5 Å². The van der Waals surface area contributed by atoms with Crippen LogP contribution in [-0.4, -0.2) is 53.5 Å². The minimum absolute atomic E-state index is 0.0860. The predicted octanol–water partition coefficient (Wildman–Crippen LogP) is 3.61. The Labute approximate surface area is 177 Å². The van der Waals surface area contributed by atoms with Gasteiger partial charge < -0.3 is 14.5 Å². The van der Waals surface area contributed by atoms with Gasteiger partial charge in [-0.15, -0.1) is 0 Å². The van der Waals surface area contributed by atoms with Crippen molar-refractivity contribution in [3.05, 3.63) is 35.7 Å². The zero-order valence-electron chi connectivity index (χ0n) is 17.3. The van der Waals surface area contributed by atoms with E-state index < -0.39 is 0 Å². The van der Waals surface area contributed by atoms with E-state index in [-0.39, 0.29) is 5.92 Å².